The Balaban J connectivity index is 1.59. The highest BCUT2D eigenvalue weighted by molar-refractivity contribution is 7.14. The number of nitrogens with zero attached hydrogens (tertiary/aromatic N) is 1. The molecular weight excluding hydrogens is 382 g/mol. The minimum absolute atomic E-state index is 0.0223. The number of carbonyl (C=O) groups excluding carboxylic acids is 2. The molecule has 2 amide bonds. The Morgan fingerprint density at radius 2 is 1.66 bits per heavy atom. The monoisotopic (exact) mass is 407 g/mol. The van der Waals surface area contributed by atoms with E-state index in [2.05, 4.69) is 36.4 Å². The van der Waals surface area contributed by atoms with Crippen molar-refractivity contribution in [1.29, 1.82) is 0 Å². The summed E-state index contributed by atoms with van der Waals surface area (Å²) in [4.78, 5) is 29.4. The molecule has 0 fully saturated rings. The minimum Gasteiger partial charge on any atom is -0.341 e. The lowest BCUT2D eigenvalue weighted by Gasteiger charge is -2.19. The van der Waals surface area contributed by atoms with Crippen LogP contribution in [0.15, 0.2) is 60.0 Å². The van der Waals surface area contributed by atoms with Gasteiger partial charge in [0, 0.05) is 16.5 Å². The predicted molar refractivity (Wildman–Crippen MR) is 118 cm³/mol. The Kier molecular flexibility index (Phi) is 6.13. The number of hydrogen-bond acceptors (Lipinski definition) is 4. The van der Waals surface area contributed by atoms with Crippen LogP contribution in [0.5, 0.6) is 0 Å². The summed E-state index contributed by atoms with van der Waals surface area (Å²) in [5, 5.41) is 7.91. The summed E-state index contributed by atoms with van der Waals surface area (Å²) in [5.41, 5.74) is 3.50. The van der Waals surface area contributed by atoms with Crippen LogP contribution in [-0.2, 0) is 10.2 Å². The number of amides is 2. The molecule has 0 saturated carbocycles. The quantitative estimate of drug-likeness (QED) is 0.634. The fourth-order valence-corrected chi connectivity index (χ4v) is 3.48. The van der Waals surface area contributed by atoms with Gasteiger partial charge >= 0.3 is 0 Å². The maximum Gasteiger partial charge on any atom is 0.251 e. The highest BCUT2D eigenvalue weighted by atomic mass is 32.1. The number of hydrogen-bond donors (Lipinski definition) is 2. The van der Waals surface area contributed by atoms with E-state index in [1.807, 2.05) is 47.8 Å². The maximum atomic E-state index is 12.5. The van der Waals surface area contributed by atoms with E-state index in [4.69, 9.17) is 0 Å². The van der Waals surface area contributed by atoms with Gasteiger partial charge < -0.3 is 10.6 Å². The third-order valence-corrected chi connectivity index (χ3v) is 5.32. The van der Waals surface area contributed by atoms with Crippen LogP contribution < -0.4 is 10.6 Å². The summed E-state index contributed by atoms with van der Waals surface area (Å²) in [6.07, 6.45) is 0. The van der Waals surface area contributed by atoms with Gasteiger partial charge in [0.05, 0.1) is 5.69 Å². The lowest BCUT2D eigenvalue weighted by atomic mass is 9.86. The smallest absolute Gasteiger partial charge is 0.251 e. The van der Waals surface area contributed by atoms with Crippen molar-refractivity contribution < 1.29 is 9.59 Å². The van der Waals surface area contributed by atoms with Gasteiger partial charge in [-0.15, -0.1) is 11.3 Å². The lowest BCUT2D eigenvalue weighted by molar-refractivity contribution is -0.117. The molecule has 3 aromatic rings. The molecule has 150 valence electrons. The second-order valence-electron chi connectivity index (χ2n) is 7.92. The number of benzene rings is 2. The van der Waals surface area contributed by atoms with Crippen molar-refractivity contribution in [2.45, 2.75) is 39.2 Å². The summed E-state index contributed by atoms with van der Waals surface area (Å²) in [5.74, 6) is -0.587. The van der Waals surface area contributed by atoms with E-state index in [9.17, 15) is 9.59 Å². The Labute approximate surface area is 175 Å². The van der Waals surface area contributed by atoms with Gasteiger partial charge in [-0.3, -0.25) is 9.59 Å². The fourth-order valence-electron chi connectivity index (χ4n) is 2.75. The van der Waals surface area contributed by atoms with Gasteiger partial charge in [0.15, 0.2) is 5.13 Å². The van der Waals surface area contributed by atoms with E-state index in [1.54, 1.807) is 19.1 Å². The molecule has 1 unspecified atom stereocenters. The molecule has 1 atom stereocenters. The third-order valence-electron chi connectivity index (χ3n) is 4.56. The first-order chi connectivity index (χ1) is 13.7. The number of anilines is 1. The minimum atomic E-state index is -0.686. The standard InChI is InChI=1S/C23H25N3O2S/c1-15(24-21(28)17-10-12-18(13-11-17)23(2,3)4)20(27)26-22-25-19(14-29-22)16-8-6-5-7-9-16/h5-15H,1-4H3,(H,24,28)(H,25,26,27). The molecule has 0 aliphatic heterocycles. The van der Waals surface area contributed by atoms with Gasteiger partial charge in [0.1, 0.15) is 6.04 Å². The highest BCUT2D eigenvalue weighted by Crippen LogP contribution is 2.25. The van der Waals surface area contributed by atoms with Crippen molar-refractivity contribution in [1.82, 2.24) is 10.3 Å². The molecule has 3 rings (SSSR count). The molecule has 0 radical (unpaired) electrons. The van der Waals surface area contributed by atoms with E-state index in [0.29, 0.717) is 10.7 Å². The second kappa shape index (κ2) is 8.57. The van der Waals surface area contributed by atoms with Crippen molar-refractivity contribution >= 4 is 28.3 Å². The van der Waals surface area contributed by atoms with Crippen molar-refractivity contribution in [2.24, 2.45) is 0 Å². The Hall–Kier alpha value is -2.99. The normalized spacial score (nSPS) is 12.3. The Morgan fingerprint density at radius 3 is 2.28 bits per heavy atom. The van der Waals surface area contributed by atoms with E-state index < -0.39 is 6.04 Å². The number of aromatic nitrogens is 1. The van der Waals surface area contributed by atoms with Crippen LogP contribution in [0, 0.1) is 0 Å². The first kappa shape index (κ1) is 20.7. The van der Waals surface area contributed by atoms with Gasteiger partial charge in [0.25, 0.3) is 5.91 Å². The molecule has 0 spiro atoms. The molecule has 29 heavy (non-hydrogen) atoms. The number of nitrogens with one attached hydrogen (secondary N) is 2. The van der Waals surface area contributed by atoms with Gasteiger partial charge in [-0.1, -0.05) is 63.2 Å². The SMILES string of the molecule is CC(NC(=O)c1ccc(C(C)(C)C)cc1)C(=O)Nc1nc(-c2ccccc2)cs1. The van der Waals surface area contributed by atoms with Gasteiger partial charge in [0.2, 0.25) is 5.91 Å². The third kappa shape index (κ3) is 5.29. The van der Waals surface area contributed by atoms with Gasteiger partial charge in [-0.05, 0) is 30.0 Å². The van der Waals surface area contributed by atoms with Crippen LogP contribution in [0.3, 0.4) is 0 Å². The topological polar surface area (TPSA) is 71.1 Å². The molecule has 6 heteroatoms. The zero-order valence-corrected chi connectivity index (χ0v) is 17.8. The summed E-state index contributed by atoms with van der Waals surface area (Å²) in [6, 6.07) is 16.5. The van der Waals surface area contributed by atoms with Crippen LogP contribution in [0.2, 0.25) is 0 Å². The Bertz CT molecular complexity index is 989. The predicted octanol–water partition coefficient (Wildman–Crippen LogP) is 4.86. The second-order valence-corrected chi connectivity index (χ2v) is 8.77. The number of thiazole rings is 1. The van der Waals surface area contributed by atoms with E-state index in [0.717, 1.165) is 16.8 Å². The first-order valence-corrected chi connectivity index (χ1v) is 10.4. The molecule has 1 aromatic heterocycles. The Morgan fingerprint density at radius 1 is 1.00 bits per heavy atom. The fraction of sp³-hybridized carbons (Fsp3) is 0.261. The molecule has 0 saturated heterocycles. The zero-order valence-electron chi connectivity index (χ0n) is 17.0. The number of rotatable bonds is 5. The summed E-state index contributed by atoms with van der Waals surface area (Å²) < 4.78 is 0. The van der Waals surface area contributed by atoms with Crippen molar-refractivity contribution in [2.75, 3.05) is 5.32 Å². The van der Waals surface area contributed by atoms with E-state index >= 15 is 0 Å². The van der Waals surface area contributed by atoms with Crippen molar-refractivity contribution in [3.63, 3.8) is 0 Å². The van der Waals surface area contributed by atoms with Crippen LogP contribution in [0.1, 0.15) is 43.6 Å². The lowest BCUT2D eigenvalue weighted by Crippen LogP contribution is -2.41. The van der Waals surface area contributed by atoms with Crippen molar-refractivity contribution in [3.8, 4) is 11.3 Å². The highest BCUT2D eigenvalue weighted by Gasteiger charge is 2.19. The molecule has 0 bridgehead atoms. The van der Waals surface area contributed by atoms with E-state index in [1.165, 1.54) is 11.3 Å². The first-order valence-electron chi connectivity index (χ1n) is 9.47. The van der Waals surface area contributed by atoms with Crippen LogP contribution in [0.25, 0.3) is 11.3 Å². The van der Waals surface area contributed by atoms with Crippen LogP contribution in [-0.4, -0.2) is 22.8 Å². The molecule has 2 aromatic carbocycles. The molecule has 5 nitrogen and oxygen atoms in total. The van der Waals surface area contributed by atoms with Crippen LogP contribution in [0.4, 0.5) is 5.13 Å². The summed E-state index contributed by atoms with van der Waals surface area (Å²) >= 11 is 1.35. The van der Waals surface area contributed by atoms with E-state index in [-0.39, 0.29) is 17.2 Å². The van der Waals surface area contributed by atoms with Gasteiger partial charge in [-0.2, -0.15) is 0 Å². The summed E-state index contributed by atoms with van der Waals surface area (Å²) in [6.45, 7) is 8.02. The molecule has 0 aliphatic carbocycles. The average Bonchev–Trinajstić information content (AvgIpc) is 3.16. The largest absolute Gasteiger partial charge is 0.341 e. The summed E-state index contributed by atoms with van der Waals surface area (Å²) in [7, 11) is 0. The molecular formula is C23H25N3O2S. The molecule has 2 N–H and O–H groups in total. The average molecular weight is 408 g/mol. The maximum absolute atomic E-state index is 12.5. The number of carbonyl (C=O) groups is 2. The molecule has 0 aliphatic rings. The molecule has 1 heterocycles. The van der Waals surface area contributed by atoms with Crippen LogP contribution >= 0.6 is 11.3 Å². The van der Waals surface area contributed by atoms with Gasteiger partial charge in [-0.25, -0.2) is 4.98 Å². The zero-order chi connectivity index (χ0) is 21.0. The van der Waals surface area contributed by atoms with Crippen molar-refractivity contribution in [3.05, 3.63) is 71.1 Å².